The second-order valence-electron chi connectivity index (χ2n) is 6.35. The van der Waals surface area contributed by atoms with Gasteiger partial charge in [0.2, 0.25) is 0 Å². The maximum atomic E-state index is 13.1. The summed E-state index contributed by atoms with van der Waals surface area (Å²) in [6.45, 7) is 5.88. The van der Waals surface area contributed by atoms with Gasteiger partial charge in [0.15, 0.2) is 5.96 Å². The van der Waals surface area contributed by atoms with Crippen molar-refractivity contribution in [1.82, 2.24) is 4.57 Å². The molecule has 6 nitrogen and oxygen atoms in total. The number of guanidine groups is 1. The summed E-state index contributed by atoms with van der Waals surface area (Å²) in [5.41, 5.74) is 14.5. The summed E-state index contributed by atoms with van der Waals surface area (Å²) in [6, 6.07) is 10.9. The Morgan fingerprint density at radius 1 is 1.00 bits per heavy atom. The third-order valence-corrected chi connectivity index (χ3v) is 4.26. The maximum absolute atomic E-state index is 13.1. The number of carbonyl (C=O) groups excluding carboxylic acids is 1. The van der Waals surface area contributed by atoms with Gasteiger partial charge in [-0.15, -0.1) is 0 Å². The minimum atomic E-state index is -0.586. The average Bonchev–Trinajstić information content (AvgIpc) is 2.55. The van der Waals surface area contributed by atoms with Gasteiger partial charge in [0.05, 0.1) is 11.3 Å². The smallest absolute Gasteiger partial charge is 0.282 e. The van der Waals surface area contributed by atoms with Gasteiger partial charge in [-0.25, -0.2) is 0 Å². The number of nitrogens with zero attached hydrogens (tertiary/aromatic N) is 2. The zero-order chi connectivity index (χ0) is 19.0. The Bertz CT molecular complexity index is 1100. The van der Waals surface area contributed by atoms with Crippen molar-refractivity contribution in [1.29, 1.82) is 0 Å². The van der Waals surface area contributed by atoms with Crippen LogP contribution in [0.5, 0.6) is 0 Å². The SMILES string of the molecule is Cc1cc(C)c(-n2cc(C(=O)N=C(N)N)c3ccccc3c2=O)c(C)c1. The van der Waals surface area contributed by atoms with Crippen molar-refractivity contribution in [2.75, 3.05) is 0 Å². The molecule has 0 aliphatic carbocycles. The lowest BCUT2D eigenvalue weighted by Crippen LogP contribution is -2.25. The quantitative estimate of drug-likeness (QED) is 0.548. The molecule has 0 unspecified atom stereocenters. The fraction of sp³-hybridized carbons (Fsp3) is 0.150. The van der Waals surface area contributed by atoms with E-state index in [-0.39, 0.29) is 17.1 Å². The summed E-state index contributed by atoms with van der Waals surface area (Å²) in [4.78, 5) is 29.2. The fourth-order valence-electron chi connectivity index (χ4n) is 3.36. The Morgan fingerprint density at radius 3 is 2.15 bits per heavy atom. The number of pyridine rings is 1. The van der Waals surface area contributed by atoms with Crippen LogP contribution < -0.4 is 17.0 Å². The van der Waals surface area contributed by atoms with Crippen LogP contribution in [0.4, 0.5) is 0 Å². The van der Waals surface area contributed by atoms with Crippen LogP contribution in [0.1, 0.15) is 27.0 Å². The summed E-state index contributed by atoms with van der Waals surface area (Å²) < 4.78 is 1.50. The molecule has 4 N–H and O–H groups in total. The van der Waals surface area contributed by atoms with Gasteiger partial charge in [-0.3, -0.25) is 14.2 Å². The molecule has 1 heterocycles. The Labute approximate surface area is 150 Å². The van der Waals surface area contributed by atoms with Crippen LogP contribution in [0.25, 0.3) is 16.5 Å². The second-order valence-corrected chi connectivity index (χ2v) is 6.35. The molecule has 1 amide bonds. The predicted octanol–water partition coefficient (Wildman–Crippen LogP) is 2.33. The molecule has 0 spiro atoms. The summed E-state index contributed by atoms with van der Waals surface area (Å²) >= 11 is 0. The van der Waals surface area contributed by atoms with Crippen LogP contribution >= 0.6 is 0 Å². The van der Waals surface area contributed by atoms with Gasteiger partial charge in [0, 0.05) is 17.0 Å². The summed E-state index contributed by atoms with van der Waals surface area (Å²) in [5.74, 6) is -0.906. The molecule has 6 heteroatoms. The van der Waals surface area contributed by atoms with Crippen molar-refractivity contribution in [2.45, 2.75) is 20.8 Å². The highest BCUT2D eigenvalue weighted by Crippen LogP contribution is 2.23. The average molecular weight is 348 g/mol. The number of nitrogens with two attached hydrogens (primary N) is 2. The number of aromatic nitrogens is 1. The van der Waals surface area contributed by atoms with E-state index < -0.39 is 5.91 Å². The van der Waals surface area contributed by atoms with Gasteiger partial charge in [0.1, 0.15) is 0 Å². The van der Waals surface area contributed by atoms with Gasteiger partial charge < -0.3 is 11.5 Å². The molecule has 0 atom stereocenters. The van der Waals surface area contributed by atoms with Crippen LogP contribution in [-0.4, -0.2) is 16.4 Å². The number of aryl methyl sites for hydroxylation is 3. The fourth-order valence-corrected chi connectivity index (χ4v) is 3.36. The van der Waals surface area contributed by atoms with E-state index in [9.17, 15) is 9.59 Å². The van der Waals surface area contributed by atoms with Crippen molar-refractivity contribution in [3.05, 3.63) is 75.2 Å². The van der Waals surface area contributed by atoms with Gasteiger partial charge in [0.25, 0.3) is 11.5 Å². The first-order valence-electron chi connectivity index (χ1n) is 8.16. The van der Waals surface area contributed by atoms with E-state index in [0.717, 1.165) is 22.4 Å². The van der Waals surface area contributed by atoms with E-state index in [2.05, 4.69) is 4.99 Å². The van der Waals surface area contributed by atoms with Crippen LogP contribution in [0, 0.1) is 20.8 Å². The van der Waals surface area contributed by atoms with Gasteiger partial charge >= 0.3 is 0 Å². The highest BCUT2D eigenvalue weighted by atomic mass is 16.1. The molecule has 0 aliphatic heterocycles. The lowest BCUT2D eigenvalue weighted by molar-refractivity contribution is 0.100. The van der Waals surface area contributed by atoms with Gasteiger partial charge in [-0.05, 0) is 38.0 Å². The first kappa shape index (κ1) is 17.4. The minimum Gasteiger partial charge on any atom is -0.370 e. The van der Waals surface area contributed by atoms with Gasteiger partial charge in [-0.2, -0.15) is 4.99 Å². The van der Waals surface area contributed by atoms with Crippen LogP contribution in [0.15, 0.2) is 52.4 Å². The zero-order valence-corrected chi connectivity index (χ0v) is 14.9. The number of benzene rings is 2. The largest absolute Gasteiger partial charge is 0.370 e. The normalized spacial score (nSPS) is 10.7. The molecule has 3 rings (SSSR count). The minimum absolute atomic E-state index is 0.197. The molecule has 2 aromatic carbocycles. The van der Waals surface area contributed by atoms with E-state index in [1.807, 2.05) is 32.9 Å². The first-order chi connectivity index (χ1) is 12.3. The zero-order valence-electron chi connectivity index (χ0n) is 14.9. The first-order valence-corrected chi connectivity index (χ1v) is 8.16. The summed E-state index contributed by atoms with van der Waals surface area (Å²) in [7, 11) is 0. The molecule has 0 saturated heterocycles. The Balaban J connectivity index is 2.42. The number of amides is 1. The Kier molecular flexibility index (Phi) is 4.34. The van der Waals surface area contributed by atoms with Crippen LogP contribution in [0.2, 0.25) is 0 Å². The number of carbonyl (C=O) groups is 1. The molecule has 0 saturated carbocycles. The van der Waals surface area contributed by atoms with Gasteiger partial charge in [-0.1, -0.05) is 35.9 Å². The van der Waals surface area contributed by atoms with Crippen molar-refractivity contribution in [2.24, 2.45) is 16.5 Å². The third-order valence-electron chi connectivity index (χ3n) is 4.26. The lowest BCUT2D eigenvalue weighted by Gasteiger charge is -2.16. The Hall–Kier alpha value is -3.41. The molecule has 0 aliphatic rings. The number of rotatable bonds is 2. The molecule has 1 aromatic heterocycles. The molecule has 26 heavy (non-hydrogen) atoms. The van der Waals surface area contributed by atoms with E-state index in [1.54, 1.807) is 24.3 Å². The summed E-state index contributed by atoms with van der Waals surface area (Å²) in [6.07, 6.45) is 1.52. The van der Waals surface area contributed by atoms with Crippen LogP contribution in [-0.2, 0) is 0 Å². The topological polar surface area (TPSA) is 103 Å². The van der Waals surface area contributed by atoms with E-state index >= 15 is 0 Å². The second kappa shape index (κ2) is 6.48. The van der Waals surface area contributed by atoms with Crippen LogP contribution in [0.3, 0.4) is 0 Å². The molecule has 0 fully saturated rings. The third kappa shape index (κ3) is 2.97. The highest BCUT2D eigenvalue weighted by molar-refractivity contribution is 6.10. The molecular weight excluding hydrogens is 328 g/mol. The lowest BCUT2D eigenvalue weighted by atomic mass is 10.0. The van der Waals surface area contributed by atoms with Crippen molar-refractivity contribution in [3.63, 3.8) is 0 Å². The van der Waals surface area contributed by atoms with Crippen molar-refractivity contribution < 1.29 is 4.79 Å². The predicted molar refractivity (Wildman–Crippen MR) is 104 cm³/mol. The molecular formula is C20H20N4O2. The molecule has 3 aromatic rings. The molecule has 0 radical (unpaired) electrons. The summed E-state index contributed by atoms with van der Waals surface area (Å²) in [5, 5.41) is 0.953. The van der Waals surface area contributed by atoms with E-state index in [4.69, 9.17) is 11.5 Å². The van der Waals surface area contributed by atoms with Crippen molar-refractivity contribution in [3.8, 4) is 5.69 Å². The van der Waals surface area contributed by atoms with E-state index in [0.29, 0.717) is 10.8 Å². The highest BCUT2D eigenvalue weighted by Gasteiger charge is 2.17. The molecule has 132 valence electrons. The standard InChI is InChI=1S/C20H20N4O2/c1-11-8-12(2)17(13(3)9-11)24-10-16(18(25)23-20(21)22)14-6-4-5-7-15(14)19(24)26/h4-10H,1-3H3,(H4,21,22,23,25). The number of hydrogen-bond acceptors (Lipinski definition) is 2. The maximum Gasteiger partial charge on any atom is 0.282 e. The van der Waals surface area contributed by atoms with E-state index in [1.165, 1.54) is 10.8 Å². The number of aliphatic imine (C=N–C) groups is 1. The van der Waals surface area contributed by atoms with Crippen molar-refractivity contribution >= 4 is 22.6 Å². The monoisotopic (exact) mass is 348 g/mol. The molecule has 0 bridgehead atoms. The number of hydrogen-bond donors (Lipinski definition) is 2. The number of fused-ring (bicyclic) bond motifs is 1. The Morgan fingerprint density at radius 2 is 1.58 bits per heavy atom.